The standard InChI is InChI=1S/C13H19Cl2NO/c1-4-13(16-9(2)8-17-3)10-5-6-11(14)12(15)7-10/h5-7,9,13,16H,4,8H2,1-3H3. The van der Waals surface area contributed by atoms with Gasteiger partial charge in [-0.05, 0) is 31.0 Å². The second-order valence-corrected chi connectivity index (χ2v) is 4.97. The molecule has 2 atom stereocenters. The zero-order valence-corrected chi connectivity index (χ0v) is 12.0. The fourth-order valence-corrected chi connectivity index (χ4v) is 2.13. The summed E-state index contributed by atoms with van der Waals surface area (Å²) in [5, 5.41) is 4.70. The Morgan fingerprint density at radius 1 is 1.29 bits per heavy atom. The molecule has 0 aromatic heterocycles. The summed E-state index contributed by atoms with van der Waals surface area (Å²) >= 11 is 11.9. The first-order chi connectivity index (χ1) is 8.08. The molecule has 17 heavy (non-hydrogen) atoms. The summed E-state index contributed by atoms with van der Waals surface area (Å²) in [6.07, 6.45) is 0.992. The van der Waals surface area contributed by atoms with E-state index < -0.39 is 0 Å². The first-order valence-electron chi connectivity index (χ1n) is 5.78. The Hall–Kier alpha value is -0.280. The fourth-order valence-electron chi connectivity index (χ4n) is 1.82. The Morgan fingerprint density at radius 2 is 2.00 bits per heavy atom. The summed E-state index contributed by atoms with van der Waals surface area (Å²) in [7, 11) is 1.71. The van der Waals surface area contributed by atoms with Gasteiger partial charge in [-0.25, -0.2) is 0 Å². The molecule has 96 valence electrons. The zero-order chi connectivity index (χ0) is 12.8. The number of nitrogens with one attached hydrogen (secondary N) is 1. The van der Waals surface area contributed by atoms with E-state index >= 15 is 0 Å². The van der Waals surface area contributed by atoms with Crippen molar-refractivity contribution in [3.8, 4) is 0 Å². The molecule has 1 aromatic carbocycles. The van der Waals surface area contributed by atoms with Crippen LogP contribution in [0.1, 0.15) is 31.9 Å². The molecule has 1 rings (SSSR count). The van der Waals surface area contributed by atoms with Crippen molar-refractivity contribution in [3.05, 3.63) is 33.8 Å². The summed E-state index contributed by atoms with van der Waals surface area (Å²) in [5.74, 6) is 0. The third-order valence-corrected chi connectivity index (χ3v) is 3.40. The predicted octanol–water partition coefficient (Wildman–Crippen LogP) is 4.07. The van der Waals surface area contributed by atoms with E-state index in [0.717, 1.165) is 12.0 Å². The fraction of sp³-hybridized carbons (Fsp3) is 0.538. The predicted molar refractivity (Wildman–Crippen MR) is 74.0 cm³/mol. The van der Waals surface area contributed by atoms with Gasteiger partial charge in [0, 0.05) is 19.2 Å². The molecule has 0 aliphatic heterocycles. The highest BCUT2D eigenvalue weighted by Gasteiger charge is 2.13. The largest absolute Gasteiger partial charge is 0.383 e. The highest BCUT2D eigenvalue weighted by molar-refractivity contribution is 6.42. The summed E-state index contributed by atoms with van der Waals surface area (Å²) in [6, 6.07) is 6.35. The first kappa shape index (κ1) is 14.8. The van der Waals surface area contributed by atoms with Crippen molar-refractivity contribution in [3.63, 3.8) is 0 Å². The molecule has 0 bridgehead atoms. The lowest BCUT2D eigenvalue weighted by Gasteiger charge is -2.22. The average Bonchev–Trinajstić information content (AvgIpc) is 2.30. The van der Waals surface area contributed by atoms with Gasteiger partial charge >= 0.3 is 0 Å². The van der Waals surface area contributed by atoms with Gasteiger partial charge in [0.1, 0.15) is 0 Å². The number of hydrogen-bond acceptors (Lipinski definition) is 2. The normalized spacial score (nSPS) is 14.6. The third-order valence-electron chi connectivity index (χ3n) is 2.66. The molecule has 0 radical (unpaired) electrons. The monoisotopic (exact) mass is 275 g/mol. The molecule has 0 amide bonds. The Labute approximate surface area is 113 Å². The SMILES string of the molecule is CCC(NC(C)COC)c1ccc(Cl)c(Cl)c1. The van der Waals surface area contributed by atoms with Crippen LogP contribution in [0.5, 0.6) is 0 Å². The van der Waals surface area contributed by atoms with Crippen LogP contribution in [0.15, 0.2) is 18.2 Å². The van der Waals surface area contributed by atoms with E-state index in [1.54, 1.807) is 7.11 Å². The van der Waals surface area contributed by atoms with Gasteiger partial charge in [0.25, 0.3) is 0 Å². The minimum absolute atomic E-state index is 0.273. The lowest BCUT2D eigenvalue weighted by Crippen LogP contribution is -2.33. The molecule has 0 saturated carbocycles. The van der Waals surface area contributed by atoms with Crippen molar-refractivity contribution in [1.29, 1.82) is 0 Å². The minimum Gasteiger partial charge on any atom is -0.383 e. The van der Waals surface area contributed by atoms with Crippen LogP contribution >= 0.6 is 23.2 Å². The third kappa shape index (κ3) is 4.47. The maximum Gasteiger partial charge on any atom is 0.0613 e. The highest BCUT2D eigenvalue weighted by Crippen LogP contribution is 2.27. The van der Waals surface area contributed by atoms with Gasteiger partial charge in [-0.2, -0.15) is 0 Å². The number of rotatable bonds is 6. The van der Waals surface area contributed by atoms with Gasteiger partial charge in [0.15, 0.2) is 0 Å². The number of halogens is 2. The van der Waals surface area contributed by atoms with Gasteiger partial charge in [-0.1, -0.05) is 36.2 Å². The molecule has 0 heterocycles. The molecule has 2 nitrogen and oxygen atoms in total. The van der Waals surface area contributed by atoms with E-state index in [4.69, 9.17) is 27.9 Å². The van der Waals surface area contributed by atoms with Crippen molar-refractivity contribution in [2.75, 3.05) is 13.7 Å². The highest BCUT2D eigenvalue weighted by atomic mass is 35.5. The van der Waals surface area contributed by atoms with Gasteiger partial charge in [0.2, 0.25) is 0 Å². The molecule has 1 aromatic rings. The Kier molecular flexibility index (Phi) is 6.28. The van der Waals surface area contributed by atoms with Crippen LogP contribution in [-0.2, 0) is 4.74 Å². The van der Waals surface area contributed by atoms with E-state index in [1.807, 2.05) is 18.2 Å². The van der Waals surface area contributed by atoms with Crippen molar-refractivity contribution < 1.29 is 4.74 Å². The van der Waals surface area contributed by atoms with E-state index in [-0.39, 0.29) is 6.04 Å². The Morgan fingerprint density at radius 3 is 2.53 bits per heavy atom. The molecule has 1 N–H and O–H groups in total. The summed E-state index contributed by atoms with van der Waals surface area (Å²) < 4.78 is 5.12. The molecule has 0 aliphatic carbocycles. The maximum atomic E-state index is 6.03. The number of hydrogen-bond donors (Lipinski definition) is 1. The van der Waals surface area contributed by atoms with E-state index in [2.05, 4.69) is 19.2 Å². The number of methoxy groups -OCH3 is 1. The molecular formula is C13H19Cl2NO. The summed E-state index contributed by atoms with van der Waals surface area (Å²) in [4.78, 5) is 0. The van der Waals surface area contributed by atoms with Gasteiger partial charge in [-0.15, -0.1) is 0 Å². The van der Waals surface area contributed by atoms with Crippen molar-refractivity contribution in [2.24, 2.45) is 0 Å². The smallest absolute Gasteiger partial charge is 0.0613 e. The van der Waals surface area contributed by atoms with E-state index in [1.165, 1.54) is 0 Å². The van der Waals surface area contributed by atoms with Crippen LogP contribution in [0, 0.1) is 0 Å². The van der Waals surface area contributed by atoms with Gasteiger partial charge in [0.05, 0.1) is 16.7 Å². The van der Waals surface area contributed by atoms with Crippen LogP contribution in [0.2, 0.25) is 10.0 Å². The quantitative estimate of drug-likeness (QED) is 0.845. The van der Waals surface area contributed by atoms with Crippen LogP contribution in [0.3, 0.4) is 0 Å². The zero-order valence-electron chi connectivity index (χ0n) is 10.5. The topological polar surface area (TPSA) is 21.3 Å². The second-order valence-electron chi connectivity index (χ2n) is 4.16. The molecule has 0 aliphatic rings. The van der Waals surface area contributed by atoms with Crippen LogP contribution in [-0.4, -0.2) is 19.8 Å². The Bertz CT molecular complexity index is 357. The van der Waals surface area contributed by atoms with Gasteiger partial charge < -0.3 is 10.1 Å². The van der Waals surface area contributed by atoms with Crippen molar-refractivity contribution >= 4 is 23.2 Å². The minimum atomic E-state index is 0.273. The molecule has 2 unspecified atom stereocenters. The van der Waals surface area contributed by atoms with Crippen LogP contribution in [0.4, 0.5) is 0 Å². The summed E-state index contributed by atoms with van der Waals surface area (Å²) in [6.45, 7) is 4.93. The van der Waals surface area contributed by atoms with Crippen LogP contribution < -0.4 is 5.32 Å². The maximum absolute atomic E-state index is 6.03. The molecular weight excluding hydrogens is 257 g/mol. The van der Waals surface area contributed by atoms with Crippen molar-refractivity contribution in [2.45, 2.75) is 32.4 Å². The molecule has 0 saturated heterocycles. The molecule has 0 fully saturated rings. The molecule has 4 heteroatoms. The van der Waals surface area contributed by atoms with E-state index in [0.29, 0.717) is 22.7 Å². The van der Waals surface area contributed by atoms with Gasteiger partial charge in [-0.3, -0.25) is 0 Å². The lowest BCUT2D eigenvalue weighted by molar-refractivity contribution is 0.166. The lowest BCUT2D eigenvalue weighted by atomic mass is 10.0. The van der Waals surface area contributed by atoms with E-state index in [9.17, 15) is 0 Å². The van der Waals surface area contributed by atoms with Crippen molar-refractivity contribution in [1.82, 2.24) is 5.32 Å². The Balaban J connectivity index is 2.75. The van der Waals surface area contributed by atoms with Crippen LogP contribution in [0.25, 0.3) is 0 Å². The number of benzene rings is 1. The second kappa shape index (κ2) is 7.22. The summed E-state index contributed by atoms with van der Waals surface area (Å²) in [5.41, 5.74) is 1.16. The first-order valence-corrected chi connectivity index (χ1v) is 6.54. The molecule has 0 spiro atoms. The number of ether oxygens (including phenoxy) is 1. The average molecular weight is 276 g/mol.